The van der Waals surface area contributed by atoms with Crippen LogP contribution < -0.4 is 0 Å². The van der Waals surface area contributed by atoms with Crippen LogP contribution in [0.2, 0.25) is 0 Å². The van der Waals surface area contributed by atoms with E-state index >= 15 is 0 Å². The predicted molar refractivity (Wildman–Crippen MR) is 50.8 cm³/mol. The third-order valence-corrected chi connectivity index (χ3v) is 2.54. The molecular formula is C11H6O2. The third-order valence-electron chi connectivity index (χ3n) is 2.54. The molecule has 0 aliphatic carbocycles. The van der Waals surface area contributed by atoms with E-state index in [1.54, 1.807) is 0 Å². The van der Waals surface area contributed by atoms with Crippen LogP contribution in [-0.2, 0) is 0 Å². The minimum absolute atomic E-state index is 0.456. The maximum atomic E-state index is 10.9. The number of carboxylic acids is 1. The number of benzene rings is 5. The SMILES string of the molecule is O=C(O)c1c2ccc3cc2ccc13. The topological polar surface area (TPSA) is 37.3 Å². The van der Waals surface area contributed by atoms with Crippen molar-refractivity contribution in [1.82, 2.24) is 0 Å². The van der Waals surface area contributed by atoms with Gasteiger partial charge in [-0.1, -0.05) is 24.3 Å². The molecule has 0 saturated heterocycles. The lowest BCUT2D eigenvalue weighted by atomic mass is 9.92. The van der Waals surface area contributed by atoms with Crippen molar-refractivity contribution in [3.8, 4) is 0 Å². The lowest BCUT2D eigenvalue weighted by Gasteiger charge is -2.12. The summed E-state index contributed by atoms with van der Waals surface area (Å²) in [5.74, 6) is -0.832. The first-order valence-corrected chi connectivity index (χ1v) is 4.08. The number of hydrogen-bond acceptors (Lipinski definition) is 1. The molecule has 0 fully saturated rings. The molecule has 0 saturated carbocycles. The Labute approximate surface area is 74.1 Å². The van der Waals surface area contributed by atoms with Crippen molar-refractivity contribution in [2.24, 2.45) is 0 Å². The van der Waals surface area contributed by atoms with Gasteiger partial charge in [-0.15, -0.1) is 0 Å². The molecule has 0 aliphatic heterocycles. The van der Waals surface area contributed by atoms with Gasteiger partial charge in [0.05, 0.1) is 5.56 Å². The maximum Gasteiger partial charge on any atom is 0.336 e. The standard InChI is InChI=1S/C11H6O2/c12-11(13)10-8-3-1-6-5-7(8)2-4-9(6)10/h1-5H,(H,12,13). The Balaban J connectivity index is 2.66. The summed E-state index contributed by atoms with van der Waals surface area (Å²) in [4.78, 5) is 10.9. The van der Waals surface area contributed by atoms with Gasteiger partial charge >= 0.3 is 5.97 Å². The molecule has 0 aliphatic rings. The molecule has 0 unspecified atom stereocenters. The fourth-order valence-electron chi connectivity index (χ4n) is 1.97. The number of fused-ring (bicyclic) bond motifs is 2. The van der Waals surface area contributed by atoms with Gasteiger partial charge in [0.2, 0.25) is 0 Å². The molecule has 5 aromatic rings. The molecule has 0 aromatic heterocycles. The lowest BCUT2D eigenvalue weighted by molar-refractivity contribution is 0.0701. The van der Waals surface area contributed by atoms with E-state index < -0.39 is 5.97 Å². The van der Waals surface area contributed by atoms with Crippen LogP contribution in [0.1, 0.15) is 10.4 Å². The Morgan fingerprint density at radius 1 is 1.00 bits per heavy atom. The highest BCUT2D eigenvalue weighted by Gasteiger charge is 2.16. The summed E-state index contributed by atoms with van der Waals surface area (Å²) in [6.07, 6.45) is 0. The van der Waals surface area contributed by atoms with Crippen LogP contribution in [0.15, 0.2) is 30.3 Å². The van der Waals surface area contributed by atoms with E-state index in [0.717, 1.165) is 21.5 Å². The van der Waals surface area contributed by atoms with Crippen LogP contribution in [0.25, 0.3) is 21.5 Å². The Kier molecular flexibility index (Phi) is 0.978. The second-order valence-corrected chi connectivity index (χ2v) is 3.23. The van der Waals surface area contributed by atoms with Crippen LogP contribution in [0, 0.1) is 0 Å². The zero-order valence-electron chi connectivity index (χ0n) is 6.74. The molecule has 0 amide bonds. The highest BCUT2D eigenvalue weighted by molar-refractivity contribution is 6.18. The van der Waals surface area contributed by atoms with Crippen molar-refractivity contribution in [2.75, 3.05) is 0 Å². The molecule has 5 rings (SSSR count). The van der Waals surface area contributed by atoms with E-state index in [-0.39, 0.29) is 0 Å². The molecule has 62 valence electrons. The number of hydrogen-bond donors (Lipinski definition) is 1. The molecule has 13 heavy (non-hydrogen) atoms. The smallest absolute Gasteiger partial charge is 0.336 e. The van der Waals surface area contributed by atoms with Gasteiger partial charge in [-0.05, 0) is 27.6 Å². The number of carboxylic acid groups (broad SMARTS) is 1. The van der Waals surface area contributed by atoms with Gasteiger partial charge in [0.25, 0.3) is 0 Å². The Hall–Kier alpha value is -1.83. The summed E-state index contributed by atoms with van der Waals surface area (Å²) in [6.45, 7) is 0. The van der Waals surface area contributed by atoms with Gasteiger partial charge < -0.3 is 5.11 Å². The Morgan fingerprint density at radius 3 is 1.92 bits per heavy atom. The molecule has 2 nitrogen and oxygen atoms in total. The first kappa shape index (κ1) is 6.66. The van der Waals surface area contributed by atoms with Crippen molar-refractivity contribution < 1.29 is 9.90 Å². The molecule has 0 heterocycles. The van der Waals surface area contributed by atoms with Gasteiger partial charge in [0.1, 0.15) is 0 Å². The van der Waals surface area contributed by atoms with Crippen LogP contribution >= 0.6 is 0 Å². The van der Waals surface area contributed by atoms with E-state index in [9.17, 15) is 4.79 Å². The summed E-state index contributed by atoms with van der Waals surface area (Å²) >= 11 is 0. The zero-order valence-corrected chi connectivity index (χ0v) is 6.74. The van der Waals surface area contributed by atoms with Gasteiger partial charge in [0, 0.05) is 0 Å². The predicted octanol–water partition coefficient (Wildman–Crippen LogP) is 2.57. The van der Waals surface area contributed by atoms with Crippen LogP contribution in [-0.4, -0.2) is 11.1 Å². The second-order valence-electron chi connectivity index (χ2n) is 3.23. The molecular weight excluding hydrogens is 164 g/mol. The molecule has 0 atom stereocenters. The third kappa shape index (κ3) is 0.656. The molecule has 0 radical (unpaired) electrons. The Bertz CT molecular complexity index is 539. The van der Waals surface area contributed by atoms with E-state index in [0.29, 0.717) is 5.56 Å². The van der Waals surface area contributed by atoms with Gasteiger partial charge in [-0.2, -0.15) is 0 Å². The van der Waals surface area contributed by atoms with Crippen molar-refractivity contribution in [3.05, 3.63) is 35.9 Å². The van der Waals surface area contributed by atoms with E-state index in [1.165, 1.54) is 0 Å². The van der Waals surface area contributed by atoms with Crippen LogP contribution in [0.3, 0.4) is 0 Å². The van der Waals surface area contributed by atoms with Crippen molar-refractivity contribution >= 4 is 27.5 Å². The minimum Gasteiger partial charge on any atom is -0.478 e. The summed E-state index contributed by atoms with van der Waals surface area (Å²) in [5, 5.41) is 12.7. The minimum atomic E-state index is -0.832. The number of aromatic carboxylic acids is 1. The van der Waals surface area contributed by atoms with Gasteiger partial charge in [-0.3, -0.25) is 0 Å². The fraction of sp³-hybridized carbons (Fsp3) is 0. The molecule has 2 heteroatoms. The summed E-state index contributed by atoms with van der Waals surface area (Å²) < 4.78 is 0. The second kappa shape index (κ2) is 1.91. The molecule has 4 bridgehead atoms. The largest absolute Gasteiger partial charge is 0.478 e. The molecule has 5 aromatic carbocycles. The Morgan fingerprint density at radius 2 is 1.54 bits per heavy atom. The fourth-order valence-corrected chi connectivity index (χ4v) is 1.97. The highest BCUT2D eigenvalue weighted by Crippen LogP contribution is 2.33. The monoisotopic (exact) mass is 170 g/mol. The van der Waals surface area contributed by atoms with E-state index in [2.05, 4.69) is 0 Å². The van der Waals surface area contributed by atoms with Crippen LogP contribution in [0.5, 0.6) is 0 Å². The maximum absolute atomic E-state index is 10.9. The molecule has 1 N–H and O–H groups in total. The lowest BCUT2D eigenvalue weighted by Crippen LogP contribution is -2.01. The average molecular weight is 170 g/mol. The molecule has 0 spiro atoms. The zero-order chi connectivity index (χ0) is 9.00. The van der Waals surface area contributed by atoms with Gasteiger partial charge in [-0.25, -0.2) is 4.79 Å². The first-order chi connectivity index (χ1) is 6.27. The van der Waals surface area contributed by atoms with E-state index in [4.69, 9.17) is 5.11 Å². The summed E-state index contributed by atoms with van der Waals surface area (Å²) in [6, 6.07) is 9.70. The normalized spacial score (nSPS) is 11.7. The van der Waals surface area contributed by atoms with Crippen molar-refractivity contribution in [3.63, 3.8) is 0 Å². The van der Waals surface area contributed by atoms with E-state index in [1.807, 2.05) is 30.3 Å². The highest BCUT2D eigenvalue weighted by atomic mass is 16.4. The van der Waals surface area contributed by atoms with Crippen molar-refractivity contribution in [2.45, 2.75) is 0 Å². The summed E-state index contributed by atoms with van der Waals surface area (Å²) in [7, 11) is 0. The first-order valence-electron chi connectivity index (χ1n) is 4.08. The average Bonchev–Trinajstić information content (AvgIpc) is 2.17. The summed E-state index contributed by atoms with van der Waals surface area (Å²) in [5.41, 5.74) is 0.456. The number of rotatable bonds is 1. The van der Waals surface area contributed by atoms with Crippen molar-refractivity contribution in [1.29, 1.82) is 0 Å². The number of carbonyl (C=O) groups is 1. The van der Waals surface area contributed by atoms with Crippen LogP contribution in [0.4, 0.5) is 0 Å². The van der Waals surface area contributed by atoms with Gasteiger partial charge in [0.15, 0.2) is 0 Å². The quantitative estimate of drug-likeness (QED) is 0.609.